The van der Waals surface area contributed by atoms with Crippen LogP contribution in [0.15, 0.2) is 9.59 Å². The quantitative estimate of drug-likeness (QED) is 0.716. The van der Waals surface area contributed by atoms with Crippen molar-refractivity contribution in [2.45, 2.75) is 45.1 Å². The third kappa shape index (κ3) is 3.76. The van der Waals surface area contributed by atoms with E-state index in [1.165, 1.54) is 43.8 Å². The molecule has 0 bridgehead atoms. The summed E-state index contributed by atoms with van der Waals surface area (Å²) in [5, 5.41) is 0. The summed E-state index contributed by atoms with van der Waals surface area (Å²) in [6.45, 7) is 2.38. The molecule has 1 saturated heterocycles. The highest BCUT2D eigenvalue weighted by atomic mass is 16.5. The first kappa shape index (κ1) is 18.8. The minimum atomic E-state index is -0.710. The summed E-state index contributed by atoms with van der Waals surface area (Å²) in [7, 11) is 1.51. The van der Waals surface area contributed by atoms with Gasteiger partial charge in [-0.15, -0.1) is 0 Å². The van der Waals surface area contributed by atoms with Crippen molar-refractivity contribution in [3.8, 4) is 0 Å². The molecule has 1 saturated carbocycles. The van der Waals surface area contributed by atoms with E-state index in [1.807, 2.05) is 0 Å². The van der Waals surface area contributed by atoms with Crippen LogP contribution in [0.3, 0.4) is 0 Å². The van der Waals surface area contributed by atoms with Gasteiger partial charge in [-0.1, -0.05) is 19.3 Å². The molecular weight excluding hydrogens is 336 g/mol. The highest BCUT2D eigenvalue weighted by Crippen LogP contribution is 2.43. The molecule has 1 aromatic heterocycles. The average Bonchev–Trinajstić information content (AvgIpc) is 2.97. The zero-order valence-corrected chi connectivity index (χ0v) is 15.4. The third-order valence-corrected chi connectivity index (χ3v) is 5.84. The molecule has 8 heteroatoms. The molecular formula is C18H28N4O4. The molecule has 3 rings (SSSR count). The number of nitrogens with one attached hydrogen (secondary N) is 1. The smallest absolute Gasteiger partial charge is 0.330 e. The molecule has 0 atom stereocenters. The number of nitrogens with zero attached hydrogens (tertiary/aromatic N) is 2. The molecule has 1 aliphatic heterocycles. The van der Waals surface area contributed by atoms with Crippen LogP contribution in [0.2, 0.25) is 0 Å². The molecule has 144 valence electrons. The van der Waals surface area contributed by atoms with Gasteiger partial charge in [-0.25, -0.2) is 4.79 Å². The molecule has 2 fully saturated rings. The molecule has 8 nitrogen and oxygen atoms in total. The van der Waals surface area contributed by atoms with Crippen LogP contribution in [0.1, 0.15) is 48.9 Å². The predicted molar refractivity (Wildman–Crippen MR) is 98.5 cm³/mol. The maximum absolute atomic E-state index is 12.8. The van der Waals surface area contributed by atoms with Crippen molar-refractivity contribution < 1.29 is 9.53 Å². The second kappa shape index (κ2) is 7.75. The van der Waals surface area contributed by atoms with E-state index in [9.17, 15) is 14.4 Å². The van der Waals surface area contributed by atoms with Gasteiger partial charge >= 0.3 is 5.69 Å². The van der Waals surface area contributed by atoms with Crippen LogP contribution in [0.4, 0.5) is 5.82 Å². The summed E-state index contributed by atoms with van der Waals surface area (Å²) >= 11 is 0. The van der Waals surface area contributed by atoms with Crippen LogP contribution in [0, 0.1) is 5.41 Å². The number of carbonyl (C=O) groups is 1. The van der Waals surface area contributed by atoms with E-state index in [4.69, 9.17) is 10.5 Å². The molecule has 1 spiro atoms. The molecule has 26 heavy (non-hydrogen) atoms. The third-order valence-electron chi connectivity index (χ3n) is 5.84. The van der Waals surface area contributed by atoms with Gasteiger partial charge in [0, 0.05) is 13.7 Å². The Morgan fingerprint density at radius 3 is 2.65 bits per heavy atom. The van der Waals surface area contributed by atoms with Crippen molar-refractivity contribution in [1.29, 1.82) is 0 Å². The SMILES string of the molecule is COCCn1c(N)c(C(=O)CN2CCC3(CCCCC3)C2)c(=O)[nH]c1=O. The summed E-state index contributed by atoms with van der Waals surface area (Å²) < 4.78 is 6.14. The number of H-pyrrole nitrogens is 1. The maximum atomic E-state index is 12.8. The number of likely N-dealkylation sites (tertiary alicyclic amines) is 1. The van der Waals surface area contributed by atoms with Gasteiger partial charge in [0.1, 0.15) is 11.4 Å². The molecule has 1 aromatic rings. The van der Waals surface area contributed by atoms with E-state index in [2.05, 4.69) is 9.88 Å². The minimum Gasteiger partial charge on any atom is -0.384 e. The molecule has 0 aromatic carbocycles. The van der Waals surface area contributed by atoms with Crippen LogP contribution >= 0.6 is 0 Å². The molecule has 2 heterocycles. The monoisotopic (exact) mass is 364 g/mol. The van der Waals surface area contributed by atoms with Gasteiger partial charge in [0.15, 0.2) is 5.78 Å². The fraction of sp³-hybridized carbons (Fsp3) is 0.722. The highest BCUT2D eigenvalue weighted by Gasteiger charge is 2.39. The largest absolute Gasteiger partial charge is 0.384 e. The molecule has 2 aliphatic rings. The number of hydrogen-bond acceptors (Lipinski definition) is 6. The second-order valence-electron chi connectivity index (χ2n) is 7.61. The first-order valence-electron chi connectivity index (χ1n) is 9.33. The second-order valence-corrected chi connectivity index (χ2v) is 7.61. The van der Waals surface area contributed by atoms with Crippen molar-refractivity contribution in [2.24, 2.45) is 5.41 Å². The van der Waals surface area contributed by atoms with Crippen LogP contribution in [0.25, 0.3) is 0 Å². The summed E-state index contributed by atoms with van der Waals surface area (Å²) in [4.78, 5) is 41.2. The lowest BCUT2D eigenvalue weighted by atomic mass is 9.73. The van der Waals surface area contributed by atoms with E-state index in [0.29, 0.717) is 5.41 Å². The van der Waals surface area contributed by atoms with Crippen molar-refractivity contribution in [1.82, 2.24) is 14.5 Å². The molecule has 0 unspecified atom stereocenters. The Hall–Kier alpha value is -1.93. The van der Waals surface area contributed by atoms with Gasteiger partial charge in [0.2, 0.25) is 0 Å². The Morgan fingerprint density at radius 2 is 1.96 bits per heavy atom. The van der Waals surface area contributed by atoms with Crippen molar-refractivity contribution >= 4 is 11.6 Å². The van der Waals surface area contributed by atoms with E-state index in [0.717, 1.165) is 19.5 Å². The standard InChI is InChI=1S/C18H28N4O4/c1-26-10-9-22-15(19)14(16(24)20-17(22)25)13(23)11-21-8-7-18(12-21)5-3-2-4-6-18/h2-12,19H2,1H3,(H,20,24,25). The predicted octanol–water partition coefficient (Wildman–Crippen LogP) is 0.604. The van der Waals surface area contributed by atoms with Gasteiger partial charge in [-0.05, 0) is 31.2 Å². The number of nitrogens with two attached hydrogens (primary N) is 1. The first-order chi connectivity index (χ1) is 12.5. The number of rotatable bonds is 6. The Labute approximate surface area is 152 Å². The number of aromatic amines is 1. The first-order valence-corrected chi connectivity index (χ1v) is 9.33. The zero-order valence-electron chi connectivity index (χ0n) is 15.4. The number of carbonyl (C=O) groups excluding carboxylic acids is 1. The van der Waals surface area contributed by atoms with Gasteiger partial charge < -0.3 is 10.5 Å². The summed E-state index contributed by atoms with van der Waals surface area (Å²) in [5.41, 5.74) is 4.87. The molecule has 0 amide bonds. The topological polar surface area (TPSA) is 110 Å². The lowest BCUT2D eigenvalue weighted by molar-refractivity contribution is 0.0929. The number of ketones is 1. The Bertz CT molecular complexity index is 776. The maximum Gasteiger partial charge on any atom is 0.330 e. The number of hydrogen-bond donors (Lipinski definition) is 2. The van der Waals surface area contributed by atoms with Crippen molar-refractivity contribution in [3.05, 3.63) is 26.4 Å². The fourth-order valence-electron chi connectivity index (χ4n) is 4.42. The zero-order chi connectivity index (χ0) is 18.7. The van der Waals surface area contributed by atoms with Crippen molar-refractivity contribution in [2.75, 3.05) is 39.1 Å². The van der Waals surface area contributed by atoms with Gasteiger partial charge in [-0.3, -0.25) is 24.0 Å². The normalized spacial score (nSPS) is 19.9. The molecule has 0 radical (unpaired) electrons. The lowest BCUT2D eigenvalue weighted by Crippen LogP contribution is -2.39. The van der Waals surface area contributed by atoms with Crippen LogP contribution in [-0.4, -0.2) is 53.6 Å². The van der Waals surface area contributed by atoms with Gasteiger partial charge in [-0.2, -0.15) is 0 Å². The minimum absolute atomic E-state index is 0.0765. The Kier molecular flexibility index (Phi) is 5.62. The lowest BCUT2D eigenvalue weighted by Gasteiger charge is -2.33. The number of methoxy groups -OCH3 is 1. The van der Waals surface area contributed by atoms with E-state index in [1.54, 1.807) is 0 Å². The van der Waals surface area contributed by atoms with Gasteiger partial charge in [0.05, 0.1) is 19.7 Å². The average molecular weight is 364 g/mol. The van der Waals surface area contributed by atoms with Gasteiger partial charge in [0.25, 0.3) is 5.56 Å². The number of aromatic nitrogens is 2. The Balaban J connectivity index is 1.76. The van der Waals surface area contributed by atoms with E-state index < -0.39 is 11.2 Å². The van der Waals surface area contributed by atoms with Crippen LogP contribution < -0.4 is 17.0 Å². The summed E-state index contributed by atoms with van der Waals surface area (Å²) in [6.07, 6.45) is 7.39. The number of ether oxygens (including phenoxy) is 1. The number of Topliss-reactive ketones (excluding diaryl/α,β-unsaturated/α-hetero) is 1. The summed E-state index contributed by atoms with van der Waals surface area (Å²) in [6, 6.07) is 0. The number of nitrogen functional groups attached to an aromatic ring is 1. The molecule has 1 aliphatic carbocycles. The Morgan fingerprint density at radius 1 is 1.23 bits per heavy atom. The number of anilines is 1. The summed E-state index contributed by atoms with van der Waals surface area (Å²) in [5.74, 6) is -0.407. The van der Waals surface area contributed by atoms with Crippen molar-refractivity contribution in [3.63, 3.8) is 0 Å². The molecule has 3 N–H and O–H groups in total. The highest BCUT2D eigenvalue weighted by molar-refractivity contribution is 6.01. The van der Waals surface area contributed by atoms with Crippen LogP contribution in [-0.2, 0) is 11.3 Å². The van der Waals surface area contributed by atoms with Crippen LogP contribution in [0.5, 0.6) is 0 Å². The fourth-order valence-corrected chi connectivity index (χ4v) is 4.42. The van der Waals surface area contributed by atoms with E-state index in [-0.39, 0.29) is 36.9 Å². The van der Waals surface area contributed by atoms with E-state index >= 15 is 0 Å².